The summed E-state index contributed by atoms with van der Waals surface area (Å²) in [7, 11) is 0. The number of benzene rings is 2. The van der Waals surface area contributed by atoms with Crippen LogP contribution in [0, 0.1) is 11.2 Å². The largest absolute Gasteiger partial charge is 0.416 e. The predicted molar refractivity (Wildman–Crippen MR) is 124 cm³/mol. The second kappa shape index (κ2) is 8.12. The smallest absolute Gasteiger partial charge is 0.294 e. The summed E-state index contributed by atoms with van der Waals surface area (Å²) in [6.07, 6.45) is -2.08. The monoisotopic (exact) mass is 500 g/mol. The summed E-state index contributed by atoms with van der Waals surface area (Å²) in [5.74, 6) is -0.542. The zero-order chi connectivity index (χ0) is 25.1. The standard InChI is InChI=1S/C26H20F4N2O2S/c1-25(2)12-18-21(19(33)13-25)22(15-5-9-17(27)10-6-15)32-23(34)20(35-24(32)31-18)11-14-3-7-16(8-4-14)26(28,29)30/h3-11,22H,12-13H2,1-2H3/b20-11+. The summed E-state index contributed by atoms with van der Waals surface area (Å²) in [6.45, 7) is 3.97. The van der Waals surface area contributed by atoms with Gasteiger partial charge in [0.1, 0.15) is 5.82 Å². The summed E-state index contributed by atoms with van der Waals surface area (Å²) < 4.78 is 54.1. The normalized spacial score (nSPS) is 19.9. The molecule has 0 amide bonds. The lowest BCUT2D eigenvalue weighted by molar-refractivity contribution is -0.137. The number of ketones is 1. The molecule has 2 aliphatic rings. The van der Waals surface area contributed by atoms with Crippen molar-refractivity contribution in [3.63, 3.8) is 0 Å². The fourth-order valence-electron chi connectivity index (χ4n) is 4.63. The van der Waals surface area contributed by atoms with E-state index in [0.717, 1.165) is 23.5 Å². The molecule has 1 unspecified atom stereocenters. The van der Waals surface area contributed by atoms with Crippen LogP contribution in [0.1, 0.15) is 49.4 Å². The van der Waals surface area contributed by atoms with Gasteiger partial charge in [0.15, 0.2) is 10.6 Å². The van der Waals surface area contributed by atoms with Crippen molar-refractivity contribution in [1.82, 2.24) is 4.57 Å². The van der Waals surface area contributed by atoms with Gasteiger partial charge in [0.25, 0.3) is 5.56 Å². The van der Waals surface area contributed by atoms with Crippen LogP contribution < -0.4 is 14.9 Å². The molecule has 9 heteroatoms. The molecule has 1 aliphatic carbocycles. The van der Waals surface area contributed by atoms with E-state index < -0.39 is 29.2 Å². The van der Waals surface area contributed by atoms with Gasteiger partial charge in [0, 0.05) is 12.0 Å². The van der Waals surface area contributed by atoms with Crippen molar-refractivity contribution in [2.75, 3.05) is 0 Å². The summed E-state index contributed by atoms with van der Waals surface area (Å²) >= 11 is 1.11. The number of hydrogen-bond acceptors (Lipinski definition) is 4. The minimum atomic E-state index is -4.45. The number of hydrogen-bond donors (Lipinski definition) is 0. The third-order valence-corrected chi connectivity index (χ3v) is 7.20. The Hall–Kier alpha value is -3.33. The minimum Gasteiger partial charge on any atom is -0.294 e. The predicted octanol–water partition coefficient (Wildman–Crippen LogP) is 4.76. The van der Waals surface area contributed by atoms with E-state index in [1.807, 2.05) is 13.8 Å². The van der Waals surface area contributed by atoms with Crippen molar-refractivity contribution in [3.05, 3.63) is 102 Å². The highest BCUT2D eigenvalue weighted by molar-refractivity contribution is 7.07. The molecule has 2 aromatic carbocycles. The number of thiazole rings is 1. The van der Waals surface area contributed by atoms with Crippen molar-refractivity contribution in [2.45, 2.75) is 38.9 Å². The van der Waals surface area contributed by atoms with Gasteiger partial charge in [-0.2, -0.15) is 13.2 Å². The quantitative estimate of drug-likeness (QED) is 0.477. The average molecular weight is 501 g/mol. The van der Waals surface area contributed by atoms with Gasteiger partial charge in [-0.15, -0.1) is 0 Å². The first-order valence-corrected chi connectivity index (χ1v) is 11.8. The van der Waals surface area contributed by atoms with E-state index >= 15 is 0 Å². The first-order valence-electron chi connectivity index (χ1n) is 10.9. The lowest BCUT2D eigenvalue weighted by Gasteiger charge is -2.35. The molecule has 3 aromatic rings. The number of aromatic nitrogens is 1. The van der Waals surface area contributed by atoms with E-state index in [4.69, 9.17) is 0 Å². The first-order chi connectivity index (χ1) is 16.4. The number of Topliss-reactive ketones (excluding diaryl/α,β-unsaturated/α-hetero) is 1. The molecule has 5 rings (SSSR count). The molecule has 0 N–H and O–H groups in total. The molecule has 1 aliphatic heterocycles. The average Bonchev–Trinajstić information content (AvgIpc) is 3.06. The maximum Gasteiger partial charge on any atom is 0.416 e. The van der Waals surface area contributed by atoms with Crippen LogP contribution in [0.25, 0.3) is 6.08 Å². The van der Waals surface area contributed by atoms with Crippen LogP contribution in [-0.2, 0) is 11.0 Å². The fraction of sp³-hybridized carbons (Fsp3) is 0.269. The van der Waals surface area contributed by atoms with Gasteiger partial charge in [0.2, 0.25) is 0 Å². The molecule has 4 nitrogen and oxygen atoms in total. The number of nitrogens with zero attached hydrogens (tertiary/aromatic N) is 2. The SMILES string of the molecule is CC1(C)CC(=O)C2=C(C1)N=c1s/c(=C/c3ccc(C(F)(F)F)cc3)c(=O)n1C2c1ccc(F)cc1. The number of halogens is 4. The Bertz CT molecular complexity index is 1540. The number of carbonyl (C=O) groups excluding carboxylic acids is 1. The van der Waals surface area contributed by atoms with Gasteiger partial charge in [0.05, 0.1) is 21.8 Å². The molecule has 0 bridgehead atoms. The van der Waals surface area contributed by atoms with Crippen LogP contribution in [0.3, 0.4) is 0 Å². The number of carbonyl (C=O) groups is 1. The number of rotatable bonds is 2. The summed E-state index contributed by atoms with van der Waals surface area (Å²) in [5.41, 5.74) is 0.592. The molecule has 0 spiro atoms. The summed E-state index contributed by atoms with van der Waals surface area (Å²) in [6, 6.07) is 9.45. The van der Waals surface area contributed by atoms with Crippen LogP contribution in [0.4, 0.5) is 17.6 Å². The Labute approximate surface area is 201 Å². The van der Waals surface area contributed by atoms with Crippen LogP contribution in [-0.4, -0.2) is 10.4 Å². The third-order valence-electron chi connectivity index (χ3n) is 6.22. The van der Waals surface area contributed by atoms with E-state index in [-0.39, 0.29) is 15.7 Å². The zero-order valence-electron chi connectivity index (χ0n) is 18.8. The van der Waals surface area contributed by atoms with Crippen molar-refractivity contribution in [2.24, 2.45) is 10.4 Å². The minimum absolute atomic E-state index is 0.105. The Balaban J connectivity index is 1.70. The van der Waals surface area contributed by atoms with Crippen LogP contribution in [0.15, 0.2) is 69.6 Å². The van der Waals surface area contributed by atoms with Crippen molar-refractivity contribution >= 4 is 23.2 Å². The first kappa shape index (κ1) is 23.4. The molecular weight excluding hydrogens is 480 g/mol. The molecule has 2 heterocycles. The second-order valence-electron chi connectivity index (χ2n) is 9.56. The van der Waals surface area contributed by atoms with E-state index in [0.29, 0.717) is 40.0 Å². The van der Waals surface area contributed by atoms with Crippen molar-refractivity contribution in [1.29, 1.82) is 0 Å². The Kier molecular flexibility index (Phi) is 5.43. The number of fused-ring (bicyclic) bond motifs is 1. The van der Waals surface area contributed by atoms with Gasteiger partial charge in [-0.25, -0.2) is 9.38 Å². The zero-order valence-corrected chi connectivity index (χ0v) is 19.6. The third kappa shape index (κ3) is 4.29. The Morgan fingerprint density at radius 2 is 1.69 bits per heavy atom. The van der Waals surface area contributed by atoms with Gasteiger partial charge in [-0.1, -0.05) is 49.4 Å². The van der Waals surface area contributed by atoms with Crippen molar-refractivity contribution in [3.8, 4) is 0 Å². The van der Waals surface area contributed by atoms with E-state index in [2.05, 4.69) is 4.99 Å². The maximum absolute atomic E-state index is 13.6. The Morgan fingerprint density at radius 3 is 2.31 bits per heavy atom. The molecule has 0 saturated heterocycles. The summed E-state index contributed by atoms with van der Waals surface area (Å²) in [4.78, 5) is 31.8. The van der Waals surface area contributed by atoms with Crippen molar-refractivity contribution < 1.29 is 22.4 Å². The highest BCUT2D eigenvalue weighted by Gasteiger charge is 2.40. The molecule has 0 saturated carbocycles. The molecule has 1 atom stereocenters. The van der Waals surface area contributed by atoms with E-state index in [9.17, 15) is 27.2 Å². The van der Waals surface area contributed by atoms with Crippen LogP contribution in [0.2, 0.25) is 0 Å². The number of alkyl halides is 3. The maximum atomic E-state index is 13.6. The van der Waals surface area contributed by atoms with Gasteiger partial charge in [-0.05, 0) is 53.3 Å². The van der Waals surface area contributed by atoms with Gasteiger partial charge < -0.3 is 0 Å². The fourth-order valence-corrected chi connectivity index (χ4v) is 5.65. The lowest BCUT2D eigenvalue weighted by atomic mass is 9.73. The van der Waals surface area contributed by atoms with Gasteiger partial charge >= 0.3 is 6.18 Å². The second-order valence-corrected chi connectivity index (χ2v) is 10.6. The lowest BCUT2D eigenvalue weighted by Crippen LogP contribution is -2.42. The highest BCUT2D eigenvalue weighted by atomic mass is 32.1. The molecule has 0 fully saturated rings. The summed E-state index contributed by atoms with van der Waals surface area (Å²) in [5, 5.41) is 0. The van der Waals surface area contributed by atoms with Crippen LogP contribution >= 0.6 is 11.3 Å². The molecule has 35 heavy (non-hydrogen) atoms. The molecule has 180 valence electrons. The molecule has 1 aromatic heterocycles. The topological polar surface area (TPSA) is 51.4 Å². The number of allylic oxidation sites excluding steroid dienone is 2. The Morgan fingerprint density at radius 1 is 1.03 bits per heavy atom. The molecule has 0 radical (unpaired) electrons. The van der Waals surface area contributed by atoms with E-state index in [1.165, 1.54) is 34.9 Å². The van der Waals surface area contributed by atoms with Crippen LogP contribution in [0.5, 0.6) is 0 Å². The highest BCUT2D eigenvalue weighted by Crippen LogP contribution is 2.43. The van der Waals surface area contributed by atoms with Gasteiger partial charge in [-0.3, -0.25) is 14.2 Å². The molecular formula is C26H20F4N2O2S. The van der Waals surface area contributed by atoms with E-state index in [1.54, 1.807) is 12.1 Å².